The van der Waals surface area contributed by atoms with Crippen LogP contribution in [-0.4, -0.2) is 23.2 Å². The van der Waals surface area contributed by atoms with Gasteiger partial charge in [-0.25, -0.2) is 0 Å². The molecule has 168 valence electrons. The molecule has 4 aromatic carbocycles. The third-order valence-electron chi connectivity index (χ3n) is 5.87. The van der Waals surface area contributed by atoms with E-state index in [1.54, 1.807) is 0 Å². The maximum Gasteiger partial charge on any atom is 0.300 e. The molecule has 34 heavy (non-hydrogen) atoms. The van der Waals surface area contributed by atoms with Gasteiger partial charge in [0.25, 0.3) is 5.91 Å². The average molecular weight is 449 g/mol. The van der Waals surface area contributed by atoms with E-state index in [1.165, 1.54) is 11.9 Å². The van der Waals surface area contributed by atoms with Gasteiger partial charge < -0.3 is 10.6 Å². The summed E-state index contributed by atoms with van der Waals surface area (Å²) in [5.74, 6) is -0.703. The molecule has 1 aliphatic rings. The van der Waals surface area contributed by atoms with E-state index in [2.05, 4.69) is 28.8 Å². The molecule has 6 nitrogen and oxygen atoms in total. The Kier molecular flexibility index (Phi) is 5.55. The van der Waals surface area contributed by atoms with E-state index in [1.807, 2.05) is 84.9 Å². The minimum absolute atomic E-state index is 0.336. The van der Waals surface area contributed by atoms with Crippen LogP contribution in [0.5, 0.6) is 0 Å². The Hall–Kier alpha value is -4.45. The molecule has 1 atom stereocenters. The highest BCUT2D eigenvalue weighted by atomic mass is 16.2. The molecule has 2 amide bonds. The Labute approximate surface area is 197 Å². The summed E-state index contributed by atoms with van der Waals surface area (Å²) in [5.41, 5.74) is 1.33. The van der Waals surface area contributed by atoms with Crippen molar-refractivity contribution in [3.63, 3.8) is 0 Å². The van der Waals surface area contributed by atoms with Crippen LogP contribution in [0.3, 0.4) is 0 Å². The Morgan fingerprint density at radius 3 is 2.24 bits per heavy atom. The fraction of sp³-hybridized carbons (Fsp3) is 0.107. The second-order valence-electron chi connectivity index (χ2n) is 8.24. The molecule has 0 bridgehead atoms. The van der Waals surface area contributed by atoms with E-state index in [0.717, 1.165) is 16.3 Å². The van der Waals surface area contributed by atoms with Crippen LogP contribution < -0.4 is 15.6 Å². The highest BCUT2D eigenvalue weighted by molar-refractivity contribution is 6.26. The van der Waals surface area contributed by atoms with E-state index >= 15 is 0 Å². The zero-order chi connectivity index (χ0) is 23.5. The van der Waals surface area contributed by atoms with Gasteiger partial charge in [-0.15, -0.1) is 0 Å². The van der Waals surface area contributed by atoms with Gasteiger partial charge in [-0.2, -0.15) is 10.1 Å². The molecule has 1 aliphatic heterocycles. The predicted octanol–water partition coefficient (Wildman–Crippen LogP) is 4.73. The van der Waals surface area contributed by atoms with E-state index in [9.17, 15) is 9.59 Å². The van der Waals surface area contributed by atoms with Crippen molar-refractivity contribution in [1.29, 1.82) is 0 Å². The second kappa shape index (κ2) is 8.83. The highest BCUT2D eigenvalue weighted by Crippen LogP contribution is 2.31. The minimum Gasteiger partial charge on any atom is -0.350 e. The van der Waals surface area contributed by atoms with Crippen molar-refractivity contribution in [2.45, 2.75) is 19.0 Å². The van der Waals surface area contributed by atoms with Crippen molar-refractivity contribution in [1.82, 2.24) is 5.32 Å². The number of hydrogen-bond acceptors (Lipinski definition) is 4. The van der Waals surface area contributed by atoms with Gasteiger partial charge >= 0.3 is 0 Å². The summed E-state index contributed by atoms with van der Waals surface area (Å²) in [6.07, 6.45) is 0.372. The number of hydrazone groups is 1. The lowest BCUT2D eigenvalue weighted by molar-refractivity contribution is -0.127. The molecule has 1 heterocycles. The first kappa shape index (κ1) is 21.4. The Bertz CT molecular complexity index is 1380. The zero-order valence-corrected chi connectivity index (χ0v) is 18.7. The van der Waals surface area contributed by atoms with Gasteiger partial charge in [-0.1, -0.05) is 78.9 Å². The van der Waals surface area contributed by atoms with Crippen molar-refractivity contribution < 1.29 is 9.59 Å². The standard InChI is InChI=1S/C28H24N4O2/c1-20(33)29-28(30-23-14-4-2-5-15-23)26(31-32(27(28)34)24-16-6-3-7-17-24)19-22-13-10-12-21-11-8-9-18-25(21)22/h2-18,30H,19H2,1H3,(H,29,33). The molecule has 0 radical (unpaired) electrons. The van der Waals surface area contributed by atoms with Crippen molar-refractivity contribution in [2.75, 3.05) is 10.3 Å². The maximum absolute atomic E-state index is 14.0. The van der Waals surface area contributed by atoms with Crippen LogP contribution in [0, 0.1) is 0 Å². The van der Waals surface area contributed by atoms with E-state index in [-0.39, 0.29) is 11.8 Å². The third-order valence-corrected chi connectivity index (χ3v) is 5.87. The number of carbonyl (C=O) groups excluding carboxylic acids is 2. The summed E-state index contributed by atoms with van der Waals surface area (Å²) in [6.45, 7) is 1.41. The number of fused-ring (bicyclic) bond motifs is 1. The Morgan fingerprint density at radius 2 is 1.50 bits per heavy atom. The van der Waals surface area contributed by atoms with Crippen molar-refractivity contribution >= 4 is 39.7 Å². The quantitative estimate of drug-likeness (QED) is 0.419. The van der Waals surface area contributed by atoms with Gasteiger partial charge in [0.15, 0.2) is 0 Å². The SMILES string of the molecule is CC(=O)NC1(Nc2ccccc2)C(=O)N(c2ccccc2)N=C1Cc1cccc2ccccc12. The summed E-state index contributed by atoms with van der Waals surface area (Å²) >= 11 is 0. The number of nitrogens with one attached hydrogen (secondary N) is 2. The number of anilines is 2. The molecule has 2 N–H and O–H groups in total. The first-order valence-corrected chi connectivity index (χ1v) is 11.1. The molecule has 0 spiro atoms. The van der Waals surface area contributed by atoms with Crippen LogP contribution in [0.1, 0.15) is 12.5 Å². The summed E-state index contributed by atoms with van der Waals surface area (Å²) in [7, 11) is 0. The van der Waals surface area contributed by atoms with Gasteiger partial charge in [0.1, 0.15) is 0 Å². The van der Waals surface area contributed by atoms with Crippen molar-refractivity contribution in [2.24, 2.45) is 5.10 Å². The number of para-hydroxylation sites is 2. The number of hydrogen-bond donors (Lipinski definition) is 2. The summed E-state index contributed by atoms with van der Waals surface area (Å²) < 4.78 is 0. The first-order chi connectivity index (χ1) is 16.6. The van der Waals surface area contributed by atoms with E-state index in [4.69, 9.17) is 5.10 Å². The zero-order valence-electron chi connectivity index (χ0n) is 18.7. The molecule has 0 fully saturated rings. The van der Waals surface area contributed by atoms with Gasteiger partial charge in [0, 0.05) is 19.0 Å². The largest absolute Gasteiger partial charge is 0.350 e. The first-order valence-electron chi connectivity index (χ1n) is 11.1. The number of carbonyl (C=O) groups is 2. The molecular formula is C28H24N4O2. The lowest BCUT2D eigenvalue weighted by Crippen LogP contribution is -2.65. The molecule has 0 aromatic heterocycles. The van der Waals surface area contributed by atoms with Crippen LogP contribution in [0.15, 0.2) is 108 Å². The Morgan fingerprint density at radius 1 is 0.853 bits per heavy atom. The lowest BCUT2D eigenvalue weighted by atomic mass is 9.93. The monoisotopic (exact) mass is 448 g/mol. The van der Waals surface area contributed by atoms with Crippen LogP contribution in [0.2, 0.25) is 0 Å². The van der Waals surface area contributed by atoms with Crippen LogP contribution >= 0.6 is 0 Å². The van der Waals surface area contributed by atoms with E-state index < -0.39 is 5.66 Å². The molecule has 4 aromatic rings. The van der Waals surface area contributed by atoms with Crippen LogP contribution in [-0.2, 0) is 16.0 Å². The molecule has 1 unspecified atom stereocenters. The fourth-order valence-corrected chi connectivity index (χ4v) is 4.35. The lowest BCUT2D eigenvalue weighted by Gasteiger charge is -2.32. The van der Waals surface area contributed by atoms with Gasteiger partial charge in [0.2, 0.25) is 11.6 Å². The third kappa shape index (κ3) is 3.90. The molecule has 0 saturated carbocycles. The van der Waals surface area contributed by atoms with Crippen molar-refractivity contribution in [3.05, 3.63) is 109 Å². The number of amides is 2. The topological polar surface area (TPSA) is 73.8 Å². The summed E-state index contributed by atoms with van der Waals surface area (Å²) in [6, 6.07) is 32.8. The van der Waals surface area contributed by atoms with Gasteiger partial charge in [-0.3, -0.25) is 9.59 Å². The van der Waals surface area contributed by atoms with E-state index in [0.29, 0.717) is 23.5 Å². The average Bonchev–Trinajstić information content (AvgIpc) is 3.11. The maximum atomic E-state index is 14.0. The van der Waals surface area contributed by atoms with Crippen molar-refractivity contribution in [3.8, 4) is 0 Å². The molecule has 5 rings (SSSR count). The Balaban J connectivity index is 1.65. The summed E-state index contributed by atoms with van der Waals surface area (Å²) in [5, 5.41) is 14.5. The normalized spacial score (nSPS) is 17.5. The minimum atomic E-state index is -1.53. The van der Waals surface area contributed by atoms with Crippen LogP contribution in [0.25, 0.3) is 10.8 Å². The second-order valence-corrected chi connectivity index (χ2v) is 8.24. The van der Waals surface area contributed by atoms with Gasteiger partial charge in [0.05, 0.1) is 11.4 Å². The predicted molar refractivity (Wildman–Crippen MR) is 136 cm³/mol. The molecule has 0 aliphatic carbocycles. The highest BCUT2D eigenvalue weighted by Gasteiger charge is 2.52. The fourth-order valence-electron chi connectivity index (χ4n) is 4.35. The number of rotatable bonds is 6. The van der Waals surface area contributed by atoms with Gasteiger partial charge in [-0.05, 0) is 40.6 Å². The van der Waals surface area contributed by atoms with Crippen LogP contribution in [0.4, 0.5) is 11.4 Å². The molecule has 0 saturated heterocycles. The summed E-state index contributed by atoms with van der Waals surface area (Å²) in [4.78, 5) is 26.4. The molecular weight excluding hydrogens is 424 g/mol. The number of benzene rings is 4. The smallest absolute Gasteiger partial charge is 0.300 e. The molecule has 6 heteroatoms. The number of nitrogens with zero attached hydrogens (tertiary/aromatic N) is 2.